The molecule has 0 spiro atoms. The van der Waals surface area contributed by atoms with Gasteiger partial charge in [-0.25, -0.2) is 26.8 Å². The zero-order valence-corrected chi connectivity index (χ0v) is 15.6. The normalized spacial score (nSPS) is 11.9. The third-order valence-electron chi connectivity index (χ3n) is 3.07. The number of benzene rings is 2. The van der Waals surface area contributed by atoms with Gasteiger partial charge in [-0.1, -0.05) is 0 Å². The lowest BCUT2D eigenvalue weighted by Gasteiger charge is -2.00. The summed E-state index contributed by atoms with van der Waals surface area (Å²) >= 11 is 0. The van der Waals surface area contributed by atoms with Crippen LogP contribution in [0.25, 0.3) is 0 Å². The SMILES string of the molecule is CS(=O)(=O)c1ccc(C(=O)O)cc1F.CS(=O)c1ccc(C(=O)O)cc1F. The highest BCUT2D eigenvalue weighted by molar-refractivity contribution is 7.90. The van der Waals surface area contributed by atoms with E-state index in [4.69, 9.17) is 10.2 Å². The largest absolute Gasteiger partial charge is 0.478 e. The summed E-state index contributed by atoms with van der Waals surface area (Å²) in [6.45, 7) is 0. The van der Waals surface area contributed by atoms with E-state index in [9.17, 15) is 31.0 Å². The number of halogens is 2. The van der Waals surface area contributed by atoms with E-state index >= 15 is 0 Å². The maximum Gasteiger partial charge on any atom is 0.335 e. The second kappa shape index (κ2) is 8.82. The molecule has 0 bridgehead atoms. The van der Waals surface area contributed by atoms with Crippen molar-refractivity contribution in [2.75, 3.05) is 12.5 Å². The van der Waals surface area contributed by atoms with Gasteiger partial charge in [0, 0.05) is 12.5 Å². The van der Waals surface area contributed by atoms with Crippen molar-refractivity contribution in [3.05, 3.63) is 59.2 Å². The lowest BCUT2D eigenvalue weighted by Crippen LogP contribution is -2.03. The Labute approximate surface area is 155 Å². The first-order chi connectivity index (χ1) is 12.3. The summed E-state index contributed by atoms with van der Waals surface area (Å²) in [6, 6.07) is 5.96. The molecule has 2 aromatic carbocycles. The van der Waals surface area contributed by atoms with Gasteiger partial charge in [-0.05, 0) is 36.4 Å². The number of hydrogen-bond donors (Lipinski definition) is 2. The van der Waals surface area contributed by atoms with E-state index in [0.717, 1.165) is 24.5 Å². The van der Waals surface area contributed by atoms with Crippen LogP contribution in [-0.2, 0) is 20.6 Å². The number of carbonyl (C=O) groups is 2. The number of aromatic carboxylic acids is 2. The van der Waals surface area contributed by atoms with Gasteiger partial charge in [0.2, 0.25) is 0 Å². The van der Waals surface area contributed by atoms with Crippen molar-refractivity contribution in [1.29, 1.82) is 0 Å². The van der Waals surface area contributed by atoms with Crippen LogP contribution in [0.15, 0.2) is 46.2 Å². The van der Waals surface area contributed by atoms with Crippen LogP contribution in [0.5, 0.6) is 0 Å². The molecule has 0 radical (unpaired) electrons. The van der Waals surface area contributed by atoms with Gasteiger partial charge in [-0.3, -0.25) is 4.21 Å². The second-order valence-electron chi connectivity index (χ2n) is 5.13. The van der Waals surface area contributed by atoms with Gasteiger partial charge in [-0.2, -0.15) is 0 Å². The third kappa shape index (κ3) is 6.22. The predicted molar refractivity (Wildman–Crippen MR) is 92.2 cm³/mol. The van der Waals surface area contributed by atoms with Crippen molar-refractivity contribution in [2.24, 2.45) is 0 Å². The lowest BCUT2D eigenvalue weighted by atomic mass is 10.2. The van der Waals surface area contributed by atoms with Crippen molar-refractivity contribution in [1.82, 2.24) is 0 Å². The fourth-order valence-corrected chi connectivity index (χ4v) is 3.12. The van der Waals surface area contributed by atoms with Crippen LogP contribution >= 0.6 is 0 Å². The predicted octanol–water partition coefficient (Wildman–Crippen LogP) is 2.19. The fraction of sp³-hybridized carbons (Fsp3) is 0.125. The molecule has 0 fully saturated rings. The standard InChI is InChI=1S/C8H7FO4S.C8H7FO3S/c1-14(12,13)7-3-2-5(8(10)11)4-6(7)9;1-13(12)7-3-2-5(8(10)11)4-6(7)9/h2-4H,1H3,(H,10,11);2-4H,1H3,(H,10,11). The van der Waals surface area contributed by atoms with Gasteiger partial charge >= 0.3 is 11.9 Å². The van der Waals surface area contributed by atoms with Crippen LogP contribution in [0.1, 0.15) is 20.7 Å². The highest BCUT2D eigenvalue weighted by Crippen LogP contribution is 2.16. The third-order valence-corrected chi connectivity index (χ3v) is 5.15. The number of carboxylic acid groups (broad SMARTS) is 2. The Morgan fingerprint density at radius 1 is 0.926 bits per heavy atom. The van der Waals surface area contributed by atoms with Gasteiger partial charge in [-0.15, -0.1) is 0 Å². The number of carboxylic acids is 2. The first kappa shape index (κ1) is 22.4. The van der Waals surface area contributed by atoms with Crippen LogP contribution in [0.3, 0.4) is 0 Å². The van der Waals surface area contributed by atoms with Crippen molar-refractivity contribution in [2.45, 2.75) is 9.79 Å². The molecule has 0 aromatic heterocycles. The first-order valence-electron chi connectivity index (χ1n) is 6.93. The smallest absolute Gasteiger partial charge is 0.335 e. The molecule has 146 valence electrons. The highest BCUT2D eigenvalue weighted by Gasteiger charge is 2.15. The number of hydrogen-bond acceptors (Lipinski definition) is 5. The van der Waals surface area contributed by atoms with E-state index in [1.54, 1.807) is 0 Å². The molecule has 0 aliphatic rings. The minimum atomic E-state index is -3.64. The molecule has 7 nitrogen and oxygen atoms in total. The number of sulfone groups is 1. The molecule has 0 saturated heterocycles. The Morgan fingerprint density at radius 2 is 1.37 bits per heavy atom. The Hall–Kier alpha value is -2.66. The van der Waals surface area contributed by atoms with Crippen molar-refractivity contribution >= 4 is 32.6 Å². The Kier molecular flexibility index (Phi) is 7.31. The van der Waals surface area contributed by atoms with E-state index < -0.39 is 49.1 Å². The zero-order chi connectivity index (χ0) is 20.9. The van der Waals surface area contributed by atoms with Crippen LogP contribution in [0.2, 0.25) is 0 Å². The van der Waals surface area contributed by atoms with Crippen molar-refractivity contribution in [3.63, 3.8) is 0 Å². The topological polar surface area (TPSA) is 126 Å². The summed E-state index contributed by atoms with van der Waals surface area (Å²) in [4.78, 5) is 20.3. The molecule has 2 aromatic rings. The Morgan fingerprint density at radius 3 is 1.70 bits per heavy atom. The summed E-state index contributed by atoms with van der Waals surface area (Å²) in [5.74, 6) is -4.30. The van der Waals surface area contributed by atoms with Crippen LogP contribution in [-0.4, -0.2) is 47.3 Å². The van der Waals surface area contributed by atoms with E-state index in [0.29, 0.717) is 6.07 Å². The molecule has 2 N–H and O–H groups in total. The quantitative estimate of drug-likeness (QED) is 0.776. The Balaban J connectivity index is 0.000000271. The van der Waals surface area contributed by atoms with Gasteiger partial charge in [0.05, 0.1) is 26.8 Å². The molecule has 0 aliphatic heterocycles. The van der Waals surface area contributed by atoms with E-state index in [1.165, 1.54) is 18.4 Å². The minimum Gasteiger partial charge on any atom is -0.478 e. The molecule has 0 heterocycles. The second-order valence-corrected chi connectivity index (χ2v) is 8.46. The lowest BCUT2D eigenvalue weighted by molar-refractivity contribution is 0.0685. The summed E-state index contributed by atoms with van der Waals surface area (Å²) in [5, 5.41) is 17.0. The summed E-state index contributed by atoms with van der Waals surface area (Å²) in [5.41, 5.74) is -0.429. The molecule has 1 unspecified atom stereocenters. The fourth-order valence-electron chi connectivity index (χ4n) is 1.80. The highest BCUT2D eigenvalue weighted by atomic mass is 32.2. The number of rotatable bonds is 4. The molecule has 0 amide bonds. The van der Waals surface area contributed by atoms with Crippen LogP contribution < -0.4 is 0 Å². The molecule has 2 rings (SSSR count). The molecule has 27 heavy (non-hydrogen) atoms. The molecular weight excluding hydrogens is 406 g/mol. The maximum absolute atomic E-state index is 13.1. The summed E-state index contributed by atoms with van der Waals surface area (Å²) in [6.07, 6.45) is 2.19. The average molecular weight is 420 g/mol. The van der Waals surface area contributed by atoms with Gasteiger partial charge in [0.25, 0.3) is 0 Å². The van der Waals surface area contributed by atoms with Gasteiger partial charge in [0.1, 0.15) is 16.5 Å². The first-order valence-corrected chi connectivity index (χ1v) is 10.4. The summed E-state index contributed by atoms with van der Waals surface area (Å²) in [7, 11) is -5.07. The monoisotopic (exact) mass is 420 g/mol. The average Bonchev–Trinajstić information content (AvgIpc) is 2.53. The molecule has 0 saturated carbocycles. The minimum absolute atomic E-state index is 0.0185. The van der Waals surface area contributed by atoms with E-state index in [2.05, 4.69) is 0 Å². The van der Waals surface area contributed by atoms with Crippen LogP contribution in [0.4, 0.5) is 8.78 Å². The zero-order valence-electron chi connectivity index (χ0n) is 14.0. The maximum atomic E-state index is 13.1. The van der Waals surface area contributed by atoms with Gasteiger partial charge in [0.15, 0.2) is 9.84 Å². The molecule has 0 aliphatic carbocycles. The summed E-state index contributed by atoms with van der Waals surface area (Å²) < 4.78 is 58.8. The molecule has 11 heteroatoms. The van der Waals surface area contributed by atoms with Crippen molar-refractivity contribution < 1.29 is 41.2 Å². The van der Waals surface area contributed by atoms with Gasteiger partial charge < -0.3 is 10.2 Å². The van der Waals surface area contributed by atoms with E-state index in [1.807, 2.05) is 0 Å². The molecular formula is C16H14F2O7S2. The van der Waals surface area contributed by atoms with Crippen molar-refractivity contribution in [3.8, 4) is 0 Å². The van der Waals surface area contributed by atoms with Crippen LogP contribution in [0, 0.1) is 11.6 Å². The Bertz CT molecular complexity index is 1020. The molecule has 1 atom stereocenters. The van der Waals surface area contributed by atoms with E-state index in [-0.39, 0.29) is 16.0 Å².